The van der Waals surface area contributed by atoms with Crippen LogP contribution in [0.1, 0.15) is 29.7 Å². The molecule has 1 aromatic carbocycles. The summed E-state index contributed by atoms with van der Waals surface area (Å²) >= 11 is 0. The van der Waals surface area contributed by atoms with Gasteiger partial charge in [-0.15, -0.1) is 5.10 Å². The van der Waals surface area contributed by atoms with Crippen molar-refractivity contribution in [3.8, 4) is 5.88 Å². The van der Waals surface area contributed by atoms with E-state index in [1.807, 2.05) is 44.2 Å². The summed E-state index contributed by atoms with van der Waals surface area (Å²) in [7, 11) is -3.31. The molecule has 0 N–H and O–H groups in total. The van der Waals surface area contributed by atoms with Gasteiger partial charge in [0.15, 0.2) is 0 Å². The number of benzene rings is 1. The van der Waals surface area contributed by atoms with E-state index in [1.165, 1.54) is 0 Å². The molecule has 0 bridgehead atoms. The third-order valence-electron chi connectivity index (χ3n) is 4.29. The molecule has 25 heavy (non-hydrogen) atoms. The van der Waals surface area contributed by atoms with E-state index in [-0.39, 0.29) is 11.9 Å². The molecule has 1 aromatic heterocycles. The summed E-state index contributed by atoms with van der Waals surface area (Å²) in [6.07, 6.45) is 1.29. The lowest BCUT2D eigenvalue weighted by Gasteiger charge is -2.31. The van der Waals surface area contributed by atoms with Crippen LogP contribution in [-0.4, -0.2) is 42.1 Å². The van der Waals surface area contributed by atoms with Crippen LogP contribution in [0, 0.1) is 13.8 Å². The van der Waals surface area contributed by atoms with Crippen molar-refractivity contribution in [2.24, 2.45) is 0 Å². The lowest BCUT2D eigenvalue weighted by atomic mass is 10.1. The number of sulfonamides is 1. The maximum atomic E-state index is 12.6. The summed E-state index contributed by atoms with van der Waals surface area (Å²) in [6, 6.07) is 11.3. The molecule has 0 saturated carbocycles. The van der Waals surface area contributed by atoms with Gasteiger partial charge < -0.3 is 4.74 Å². The Balaban J connectivity index is 1.56. The molecular weight excluding hydrogens is 338 g/mol. The number of ether oxygens (including phenoxy) is 1. The molecule has 0 spiro atoms. The van der Waals surface area contributed by atoms with Gasteiger partial charge in [0.2, 0.25) is 15.9 Å². The summed E-state index contributed by atoms with van der Waals surface area (Å²) in [5.74, 6) is 0.538. The molecule has 6 nitrogen and oxygen atoms in total. The Bertz CT molecular complexity index is 814. The van der Waals surface area contributed by atoms with Crippen molar-refractivity contribution >= 4 is 10.0 Å². The fourth-order valence-electron chi connectivity index (χ4n) is 2.95. The van der Waals surface area contributed by atoms with Crippen LogP contribution in [0.3, 0.4) is 0 Å². The van der Waals surface area contributed by atoms with Crippen molar-refractivity contribution in [2.45, 2.75) is 38.5 Å². The van der Waals surface area contributed by atoms with Crippen LogP contribution in [0.4, 0.5) is 0 Å². The summed E-state index contributed by atoms with van der Waals surface area (Å²) in [5.41, 5.74) is 2.73. The van der Waals surface area contributed by atoms with E-state index < -0.39 is 10.0 Å². The molecule has 0 unspecified atom stereocenters. The second-order valence-corrected chi connectivity index (χ2v) is 8.44. The van der Waals surface area contributed by atoms with Crippen molar-refractivity contribution < 1.29 is 13.2 Å². The smallest absolute Gasteiger partial charge is 0.233 e. The molecule has 2 aromatic rings. The number of piperidine rings is 1. The summed E-state index contributed by atoms with van der Waals surface area (Å²) in [6.45, 7) is 4.78. The first-order valence-corrected chi connectivity index (χ1v) is 10.0. The Morgan fingerprint density at radius 3 is 2.52 bits per heavy atom. The minimum Gasteiger partial charge on any atom is -0.473 e. The zero-order chi connectivity index (χ0) is 17.9. The van der Waals surface area contributed by atoms with Gasteiger partial charge in [-0.2, -0.15) is 5.10 Å². The van der Waals surface area contributed by atoms with Crippen molar-refractivity contribution in [1.29, 1.82) is 0 Å². The normalized spacial score (nSPS) is 16.7. The minimum atomic E-state index is -3.31. The zero-order valence-corrected chi connectivity index (χ0v) is 15.4. The SMILES string of the molecule is Cc1cccc(CS(=O)(=O)N2CCC(Oc3ccc(C)nn3)CC2)c1. The summed E-state index contributed by atoms with van der Waals surface area (Å²) in [5, 5.41) is 7.97. The second kappa shape index (κ2) is 7.49. The van der Waals surface area contributed by atoms with Gasteiger partial charge in [0.1, 0.15) is 6.10 Å². The molecule has 0 atom stereocenters. The van der Waals surface area contributed by atoms with Gasteiger partial charge in [0, 0.05) is 19.2 Å². The van der Waals surface area contributed by atoms with Gasteiger partial charge in [0.05, 0.1) is 11.4 Å². The van der Waals surface area contributed by atoms with E-state index in [2.05, 4.69) is 10.2 Å². The third kappa shape index (κ3) is 4.76. The van der Waals surface area contributed by atoms with E-state index in [0.29, 0.717) is 31.8 Å². The Morgan fingerprint density at radius 2 is 1.88 bits per heavy atom. The first-order chi connectivity index (χ1) is 11.9. The van der Waals surface area contributed by atoms with Gasteiger partial charge in [0.25, 0.3) is 0 Å². The van der Waals surface area contributed by atoms with E-state index in [9.17, 15) is 8.42 Å². The predicted octanol–water partition coefficient (Wildman–Crippen LogP) is 2.47. The highest BCUT2D eigenvalue weighted by atomic mass is 32.2. The van der Waals surface area contributed by atoms with Crippen LogP contribution in [0.5, 0.6) is 5.88 Å². The fraction of sp³-hybridized carbons (Fsp3) is 0.444. The molecule has 0 radical (unpaired) electrons. The molecule has 0 amide bonds. The molecule has 134 valence electrons. The van der Waals surface area contributed by atoms with E-state index in [1.54, 1.807) is 10.4 Å². The van der Waals surface area contributed by atoms with E-state index >= 15 is 0 Å². The zero-order valence-electron chi connectivity index (χ0n) is 14.6. The molecule has 0 aliphatic carbocycles. The van der Waals surface area contributed by atoms with Crippen molar-refractivity contribution in [3.63, 3.8) is 0 Å². The minimum absolute atomic E-state index is 0.0255. The standard InChI is InChI=1S/C18H23N3O3S/c1-14-4-3-5-16(12-14)13-25(22,23)21-10-8-17(9-11-21)24-18-7-6-15(2)19-20-18/h3-7,12,17H,8-11,13H2,1-2H3. The second-order valence-electron chi connectivity index (χ2n) is 6.47. The maximum Gasteiger partial charge on any atom is 0.233 e. The van der Waals surface area contributed by atoms with Crippen LogP contribution in [0.15, 0.2) is 36.4 Å². The van der Waals surface area contributed by atoms with Crippen LogP contribution in [0.2, 0.25) is 0 Å². The summed E-state index contributed by atoms with van der Waals surface area (Å²) < 4.78 is 32.6. The van der Waals surface area contributed by atoms with E-state index in [4.69, 9.17) is 4.74 Å². The Labute approximate surface area is 148 Å². The lowest BCUT2D eigenvalue weighted by molar-refractivity contribution is 0.128. The monoisotopic (exact) mass is 361 g/mol. The highest BCUT2D eigenvalue weighted by Crippen LogP contribution is 2.21. The molecule has 1 aliphatic heterocycles. The molecular formula is C18H23N3O3S. The van der Waals surface area contributed by atoms with E-state index in [0.717, 1.165) is 16.8 Å². The molecule has 1 saturated heterocycles. The number of hydrogen-bond acceptors (Lipinski definition) is 5. The van der Waals surface area contributed by atoms with Crippen LogP contribution >= 0.6 is 0 Å². The highest BCUT2D eigenvalue weighted by molar-refractivity contribution is 7.88. The molecule has 2 heterocycles. The number of aromatic nitrogens is 2. The highest BCUT2D eigenvalue weighted by Gasteiger charge is 2.29. The van der Waals surface area contributed by atoms with Crippen LogP contribution < -0.4 is 4.74 Å². The molecule has 1 aliphatic rings. The van der Waals surface area contributed by atoms with Crippen molar-refractivity contribution in [2.75, 3.05) is 13.1 Å². The molecule has 3 rings (SSSR count). The van der Waals surface area contributed by atoms with Crippen molar-refractivity contribution in [3.05, 3.63) is 53.2 Å². The van der Waals surface area contributed by atoms with Crippen LogP contribution in [0.25, 0.3) is 0 Å². The summed E-state index contributed by atoms with van der Waals surface area (Å²) in [4.78, 5) is 0. The average Bonchev–Trinajstić information content (AvgIpc) is 2.57. The number of nitrogens with zero attached hydrogens (tertiary/aromatic N) is 3. The lowest BCUT2D eigenvalue weighted by Crippen LogP contribution is -2.42. The van der Waals surface area contributed by atoms with Crippen LogP contribution in [-0.2, 0) is 15.8 Å². The Morgan fingerprint density at radius 1 is 1.12 bits per heavy atom. The van der Waals surface area contributed by atoms with Crippen molar-refractivity contribution in [1.82, 2.24) is 14.5 Å². The topological polar surface area (TPSA) is 72.4 Å². The predicted molar refractivity (Wildman–Crippen MR) is 95.8 cm³/mol. The van der Waals surface area contributed by atoms with Gasteiger partial charge >= 0.3 is 0 Å². The van der Waals surface area contributed by atoms with Gasteiger partial charge in [-0.25, -0.2) is 12.7 Å². The quantitative estimate of drug-likeness (QED) is 0.818. The molecule has 1 fully saturated rings. The number of hydrogen-bond donors (Lipinski definition) is 0. The number of aryl methyl sites for hydroxylation is 2. The third-order valence-corrected chi connectivity index (χ3v) is 6.14. The Kier molecular flexibility index (Phi) is 5.34. The van der Waals surface area contributed by atoms with Gasteiger partial charge in [-0.1, -0.05) is 29.8 Å². The maximum absolute atomic E-state index is 12.6. The Hall–Kier alpha value is -1.99. The number of rotatable bonds is 5. The largest absolute Gasteiger partial charge is 0.473 e. The average molecular weight is 361 g/mol. The first-order valence-electron chi connectivity index (χ1n) is 8.43. The molecule has 7 heteroatoms. The van der Waals surface area contributed by atoms with Gasteiger partial charge in [-0.3, -0.25) is 0 Å². The first kappa shape index (κ1) is 17.8. The fourth-order valence-corrected chi connectivity index (χ4v) is 4.50. The van der Waals surface area contributed by atoms with Gasteiger partial charge in [-0.05, 0) is 38.3 Å².